The molecule has 172 valence electrons. The standard InChI is InChI=1S/C28H30O5/c1-2-3-4-5-6-9-20-32-23-16-12-21(13-17-23)22-14-18-24(19-15-22)33-28(31)26-11-8-7-10-25(26)27(29)30/h7-8,10-19H,2-6,9,20H2,1H3,(H,29,30). The summed E-state index contributed by atoms with van der Waals surface area (Å²) in [7, 11) is 0. The molecule has 0 aromatic heterocycles. The predicted octanol–water partition coefficient (Wildman–Crippen LogP) is 7.01. The van der Waals surface area contributed by atoms with E-state index in [9.17, 15) is 14.7 Å². The van der Waals surface area contributed by atoms with E-state index in [1.54, 1.807) is 24.3 Å². The molecule has 0 radical (unpaired) electrons. The van der Waals surface area contributed by atoms with Gasteiger partial charge in [-0.05, 0) is 53.9 Å². The van der Waals surface area contributed by atoms with Gasteiger partial charge in [0, 0.05) is 0 Å². The van der Waals surface area contributed by atoms with E-state index in [0.717, 1.165) is 29.9 Å². The molecule has 0 fully saturated rings. The van der Waals surface area contributed by atoms with Crippen LogP contribution in [0.25, 0.3) is 11.1 Å². The molecule has 33 heavy (non-hydrogen) atoms. The fourth-order valence-corrected chi connectivity index (χ4v) is 3.54. The van der Waals surface area contributed by atoms with Crippen LogP contribution in [0.15, 0.2) is 72.8 Å². The third-order valence-corrected chi connectivity index (χ3v) is 5.40. The molecule has 0 spiro atoms. The van der Waals surface area contributed by atoms with Crippen LogP contribution in [-0.2, 0) is 0 Å². The average Bonchev–Trinajstić information content (AvgIpc) is 2.84. The number of hydrogen-bond donors (Lipinski definition) is 1. The van der Waals surface area contributed by atoms with Crippen LogP contribution in [0.2, 0.25) is 0 Å². The van der Waals surface area contributed by atoms with E-state index in [0.29, 0.717) is 5.75 Å². The first-order valence-electron chi connectivity index (χ1n) is 11.5. The van der Waals surface area contributed by atoms with Crippen molar-refractivity contribution in [3.05, 3.63) is 83.9 Å². The maximum atomic E-state index is 12.4. The Hall–Kier alpha value is -3.60. The molecule has 0 aliphatic carbocycles. The molecular formula is C28H30O5. The number of benzene rings is 3. The van der Waals surface area contributed by atoms with Gasteiger partial charge in [-0.25, -0.2) is 9.59 Å². The van der Waals surface area contributed by atoms with Crippen molar-refractivity contribution < 1.29 is 24.2 Å². The minimum atomic E-state index is -1.17. The first-order chi connectivity index (χ1) is 16.1. The molecule has 0 aliphatic heterocycles. The average molecular weight is 447 g/mol. The molecule has 0 atom stereocenters. The maximum Gasteiger partial charge on any atom is 0.344 e. The molecule has 0 aliphatic rings. The van der Waals surface area contributed by atoms with Crippen LogP contribution >= 0.6 is 0 Å². The number of carboxylic acid groups (broad SMARTS) is 1. The lowest BCUT2D eigenvalue weighted by Crippen LogP contribution is -2.13. The van der Waals surface area contributed by atoms with Gasteiger partial charge in [0.2, 0.25) is 0 Å². The highest BCUT2D eigenvalue weighted by Crippen LogP contribution is 2.25. The van der Waals surface area contributed by atoms with Gasteiger partial charge in [0.05, 0.1) is 17.7 Å². The van der Waals surface area contributed by atoms with Crippen molar-refractivity contribution in [1.82, 2.24) is 0 Å². The van der Waals surface area contributed by atoms with Crippen LogP contribution < -0.4 is 9.47 Å². The second-order valence-corrected chi connectivity index (χ2v) is 7.91. The molecule has 0 saturated heterocycles. The lowest BCUT2D eigenvalue weighted by Gasteiger charge is -2.09. The molecule has 1 N–H and O–H groups in total. The van der Waals surface area contributed by atoms with Gasteiger partial charge < -0.3 is 14.6 Å². The molecule has 0 saturated carbocycles. The highest BCUT2D eigenvalue weighted by Gasteiger charge is 2.17. The summed E-state index contributed by atoms with van der Waals surface area (Å²) in [5.74, 6) is -0.664. The van der Waals surface area contributed by atoms with Gasteiger partial charge in [0.1, 0.15) is 11.5 Å². The second kappa shape index (κ2) is 12.4. The van der Waals surface area contributed by atoms with Crippen molar-refractivity contribution >= 4 is 11.9 Å². The van der Waals surface area contributed by atoms with E-state index in [-0.39, 0.29) is 11.1 Å². The lowest BCUT2D eigenvalue weighted by atomic mass is 10.1. The summed E-state index contributed by atoms with van der Waals surface area (Å²) < 4.78 is 11.2. The Kier molecular flexibility index (Phi) is 9.07. The Balaban J connectivity index is 1.53. The highest BCUT2D eigenvalue weighted by molar-refractivity contribution is 6.03. The largest absolute Gasteiger partial charge is 0.494 e. The Morgan fingerprint density at radius 1 is 0.697 bits per heavy atom. The normalized spacial score (nSPS) is 10.6. The minimum Gasteiger partial charge on any atom is -0.494 e. The molecule has 3 aromatic carbocycles. The van der Waals surface area contributed by atoms with Gasteiger partial charge in [-0.3, -0.25) is 0 Å². The van der Waals surface area contributed by atoms with Crippen molar-refractivity contribution in [2.75, 3.05) is 6.61 Å². The Labute approximate surface area is 195 Å². The van der Waals surface area contributed by atoms with Gasteiger partial charge in [-0.15, -0.1) is 0 Å². The SMILES string of the molecule is CCCCCCCCOc1ccc(-c2ccc(OC(=O)c3ccccc3C(=O)O)cc2)cc1. The summed E-state index contributed by atoms with van der Waals surface area (Å²) in [5.41, 5.74) is 1.93. The number of carbonyl (C=O) groups excluding carboxylic acids is 1. The number of unbranched alkanes of at least 4 members (excludes halogenated alkanes) is 5. The quantitative estimate of drug-likeness (QED) is 0.184. The van der Waals surface area contributed by atoms with Gasteiger partial charge >= 0.3 is 11.9 Å². The molecular weight excluding hydrogens is 416 g/mol. The van der Waals surface area contributed by atoms with Gasteiger partial charge in [-0.1, -0.05) is 75.4 Å². The summed E-state index contributed by atoms with van der Waals surface area (Å²) in [5, 5.41) is 9.25. The molecule has 3 aromatic rings. The predicted molar refractivity (Wildman–Crippen MR) is 129 cm³/mol. The van der Waals surface area contributed by atoms with Gasteiger partial charge in [-0.2, -0.15) is 0 Å². The Morgan fingerprint density at radius 2 is 1.24 bits per heavy atom. The van der Waals surface area contributed by atoms with Crippen molar-refractivity contribution in [3.63, 3.8) is 0 Å². The van der Waals surface area contributed by atoms with Gasteiger partial charge in [0.15, 0.2) is 0 Å². The molecule has 3 rings (SSSR count). The number of ether oxygens (including phenoxy) is 2. The van der Waals surface area contributed by atoms with Crippen molar-refractivity contribution in [1.29, 1.82) is 0 Å². The topological polar surface area (TPSA) is 72.8 Å². The van der Waals surface area contributed by atoms with Crippen molar-refractivity contribution in [2.24, 2.45) is 0 Å². The highest BCUT2D eigenvalue weighted by atomic mass is 16.5. The zero-order chi connectivity index (χ0) is 23.5. The lowest BCUT2D eigenvalue weighted by molar-refractivity contribution is 0.0668. The van der Waals surface area contributed by atoms with E-state index in [2.05, 4.69) is 6.92 Å². The smallest absolute Gasteiger partial charge is 0.344 e. The van der Waals surface area contributed by atoms with Crippen LogP contribution in [0.1, 0.15) is 66.2 Å². The summed E-state index contributed by atoms with van der Waals surface area (Å²) >= 11 is 0. The number of hydrogen-bond acceptors (Lipinski definition) is 4. The summed E-state index contributed by atoms with van der Waals surface area (Å²) in [6.45, 7) is 2.96. The van der Waals surface area contributed by atoms with Crippen LogP contribution in [0.5, 0.6) is 11.5 Å². The van der Waals surface area contributed by atoms with Crippen LogP contribution in [0.4, 0.5) is 0 Å². The van der Waals surface area contributed by atoms with Crippen molar-refractivity contribution in [2.45, 2.75) is 45.4 Å². The maximum absolute atomic E-state index is 12.4. The first kappa shape index (κ1) is 24.1. The van der Waals surface area contributed by atoms with Crippen molar-refractivity contribution in [3.8, 4) is 22.6 Å². The zero-order valence-electron chi connectivity index (χ0n) is 19.0. The first-order valence-corrected chi connectivity index (χ1v) is 11.5. The number of aromatic carboxylic acids is 1. The van der Waals surface area contributed by atoms with E-state index in [4.69, 9.17) is 9.47 Å². The Morgan fingerprint density at radius 3 is 1.85 bits per heavy atom. The number of carboxylic acids is 1. The van der Waals surface area contributed by atoms with E-state index in [1.807, 2.05) is 36.4 Å². The van der Waals surface area contributed by atoms with Crippen LogP contribution in [-0.4, -0.2) is 23.7 Å². The van der Waals surface area contributed by atoms with Crippen LogP contribution in [0, 0.1) is 0 Å². The molecule has 0 bridgehead atoms. The fourth-order valence-electron chi connectivity index (χ4n) is 3.54. The number of rotatable bonds is 12. The Bertz CT molecular complexity index is 1040. The molecule has 0 unspecified atom stereocenters. The third-order valence-electron chi connectivity index (χ3n) is 5.40. The molecule has 5 heteroatoms. The molecule has 0 amide bonds. The monoisotopic (exact) mass is 446 g/mol. The molecule has 0 heterocycles. The number of carbonyl (C=O) groups is 2. The molecule has 5 nitrogen and oxygen atoms in total. The fraction of sp³-hybridized carbons (Fsp3) is 0.286. The van der Waals surface area contributed by atoms with E-state index >= 15 is 0 Å². The summed E-state index contributed by atoms with van der Waals surface area (Å²) in [6, 6.07) is 21.0. The zero-order valence-corrected chi connectivity index (χ0v) is 19.0. The summed E-state index contributed by atoms with van der Waals surface area (Å²) in [6.07, 6.45) is 7.42. The number of esters is 1. The third kappa shape index (κ3) is 7.21. The second-order valence-electron chi connectivity index (χ2n) is 7.91. The van der Waals surface area contributed by atoms with E-state index in [1.165, 1.54) is 44.2 Å². The van der Waals surface area contributed by atoms with Crippen LogP contribution in [0.3, 0.4) is 0 Å². The van der Waals surface area contributed by atoms with Gasteiger partial charge in [0.25, 0.3) is 0 Å². The summed E-state index contributed by atoms with van der Waals surface area (Å²) in [4.78, 5) is 23.7. The minimum absolute atomic E-state index is 0.0191. The van der Waals surface area contributed by atoms with E-state index < -0.39 is 11.9 Å².